The molecule has 0 aromatic carbocycles. The van der Waals surface area contributed by atoms with E-state index in [1.807, 2.05) is 0 Å². The molecule has 0 fully saturated rings. The van der Waals surface area contributed by atoms with E-state index in [-0.39, 0.29) is 19.3 Å². The molecule has 5 unspecified atom stereocenters. The van der Waals surface area contributed by atoms with E-state index in [2.05, 4.69) is 179 Å². The maximum absolute atomic E-state index is 13.0. The molecule has 0 aliphatic carbocycles. The lowest BCUT2D eigenvalue weighted by Gasteiger charge is -2.21. The van der Waals surface area contributed by atoms with Gasteiger partial charge in [0.25, 0.3) is 0 Å². The van der Waals surface area contributed by atoms with Crippen LogP contribution >= 0.6 is 15.6 Å². The van der Waals surface area contributed by atoms with Crippen molar-refractivity contribution in [3.63, 3.8) is 0 Å². The Hall–Kier alpha value is -4.83. The highest BCUT2D eigenvalue weighted by atomic mass is 31.2. The van der Waals surface area contributed by atoms with Crippen LogP contribution in [0.3, 0.4) is 0 Å². The molecule has 0 heterocycles. The van der Waals surface area contributed by atoms with E-state index in [9.17, 15) is 43.5 Å². The van der Waals surface area contributed by atoms with Gasteiger partial charge in [0.05, 0.1) is 26.4 Å². The summed E-state index contributed by atoms with van der Waals surface area (Å²) in [5.41, 5.74) is 0. The van der Waals surface area contributed by atoms with E-state index in [1.165, 1.54) is 77.0 Å². The van der Waals surface area contributed by atoms with E-state index < -0.39 is 91.5 Å². The Morgan fingerprint density at radius 1 is 0.282 bits per heavy atom. The topological polar surface area (TPSA) is 231 Å². The minimum Gasteiger partial charge on any atom is -0.463 e. The Kier molecular flexibility index (Phi) is 73.2. The van der Waals surface area contributed by atoms with Gasteiger partial charge in [-0.3, -0.25) is 32.5 Å². The summed E-state index contributed by atoms with van der Waals surface area (Å²) in [7, 11) is -9.81. The second-order valence-electron chi connectivity index (χ2n) is 26.1. The Bertz CT molecular complexity index is 2500. The second kappa shape index (κ2) is 76.8. The number of aliphatic hydroxyl groups is 2. The van der Waals surface area contributed by atoms with E-state index >= 15 is 0 Å². The maximum Gasteiger partial charge on any atom is 0.472 e. The van der Waals surface area contributed by atoms with Gasteiger partial charge in [-0.15, -0.1) is 0 Å². The zero-order chi connectivity index (χ0) is 75.2. The minimum atomic E-state index is -4.95. The summed E-state index contributed by atoms with van der Waals surface area (Å²) >= 11 is 0. The zero-order valence-electron chi connectivity index (χ0n) is 64.2. The van der Waals surface area contributed by atoms with Crippen LogP contribution in [0.5, 0.6) is 0 Å². The number of hydrogen-bond donors (Lipinski definition) is 4. The highest BCUT2D eigenvalue weighted by Crippen LogP contribution is 2.45. The number of unbranched alkanes of at least 4 members (excludes halogenated alkanes) is 25. The van der Waals surface area contributed by atoms with Crippen molar-refractivity contribution in [3.05, 3.63) is 158 Å². The Balaban J connectivity index is 4.66. The average Bonchev–Trinajstić information content (AvgIpc) is 0.914. The average molecular weight is 1480 g/mol. The summed E-state index contributed by atoms with van der Waals surface area (Å²) in [5.74, 6) is -1.62. The monoisotopic (exact) mass is 1480 g/mol. The van der Waals surface area contributed by atoms with E-state index in [1.54, 1.807) is 0 Å². The first kappa shape index (κ1) is 98.2. The second-order valence-corrected chi connectivity index (χ2v) is 29.0. The lowest BCUT2D eigenvalue weighted by molar-refractivity contribution is -0.161. The molecule has 0 amide bonds. The van der Waals surface area contributed by atoms with Crippen molar-refractivity contribution in [2.24, 2.45) is 0 Å². The SMILES string of the molecule is CC/C=C\C/C=C\C/C=C\C/C=C\C/C=C\CCCCCCCCCCCC(=O)OCC(O)COP(=O)(O)OCC(O)COP(=O)(O)OCC(COC(=O)CCCCCCCCCCC/C=C\C/C=C\C/C=C\C/C=C\CCCCC)OC(=O)CCCCCC/C=C\C/C=C\C/C=C\C/C=C\CC. The van der Waals surface area contributed by atoms with E-state index in [0.717, 1.165) is 167 Å². The fraction of sp³-hybridized carbons (Fsp3) is 0.659. The van der Waals surface area contributed by atoms with Crippen molar-refractivity contribution in [1.82, 2.24) is 0 Å². The summed E-state index contributed by atoms with van der Waals surface area (Å²) < 4.78 is 61.2. The number of phosphoric ester groups is 2. The van der Waals surface area contributed by atoms with E-state index in [0.29, 0.717) is 19.3 Å². The maximum atomic E-state index is 13.0. The molecule has 0 aliphatic heterocycles. The van der Waals surface area contributed by atoms with Crippen LogP contribution < -0.4 is 0 Å². The van der Waals surface area contributed by atoms with Crippen molar-refractivity contribution >= 4 is 33.6 Å². The van der Waals surface area contributed by atoms with Gasteiger partial charge in [0.15, 0.2) is 6.10 Å². The van der Waals surface area contributed by atoms with Gasteiger partial charge in [-0.1, -0.05) is 294 Å². The number of phosphoric acid groups is 2. The highest BCUT2D eigenvalue weighted by molar-refractivity contribution is 7.47. The summed E-state index contributed by atoms with van der Waals surface area (Å²) in [5, 5.41) is 20.6. The fourth-order valence-electron chi connectivity index (χ4n) is 10.2. The Morgan fingerprint density at radius 2 is 0.515 bits per heavy atom. The fourth-order valence-corrected chi connectivity index (χ4v) is 11.8. The van der Waals surface area contributed by atoms with Crippen LogP contribution in [-0.2, 0) is 55.8 Å². The van der Waals surface area contributed by atoms with Gasteiger partial charge < -0.3 is 34.2 Å². The number of allylic oxidation sites excluding steroid dienone is 26. The molecule has 0 rings (SSSR count). The third kappa shape index (κ3) is 78.1. The zero-order valence-corrected chi connectivity index (χ0v) is 66.0. The molecule has 16 nitrogen and oxygen atoms in total. The van der Waals surface area contributed by atoms with Crippen LogP contribution in [0.15, 0.2) is 158 Å². The van der Waals surface area contributed by atoms with Gasteiger partial charge in [-0.05, 0) is 148 Å². The molecule has 4 N–H and O–H groups in total. The van der Waals surface area contributed by atoms with Gasteiger partial charge in [0.1, 0.15) is 25.4 Å². The number of rotatable bonds is 74. The first-order chi connectivity index (χ1) is 50.2. The van der Waals surface area contributed by atoms with Crippen molar-refractivity contribution in [2.75, 3.05) is 39.6 Å². The predicted molar refractivity (Wildman–Crippen MR) is 426 cm³/mol. The number of hydrogen-bond acceptors (Lipinski definition) is 14. The molecule has 0 saturated heterocycles. The van der Waals surface area contributed by atoms with Crippen LogP contribution in [-0.4, -0.2) is 95.9 Å². The number of aliphatic hydroxyl groups excluding tert-OH is 2. The lowest BCUT2D eigenvalue weighted by atomic mass is 10.1. The smallest absolute Gasteiger partial charge is 0.463 e. The van der Waals surface area contributed by atoms with E-state index in [4.69, 9.17) is 32.3 Å². The van der Waals surface area contributed by atoms with Gasteiger partial charge in [-0.25, -0.2) is 9.13 Å². The van der Waals surface area contributed by atoms with Crippen LogP contribution in [0, 0.1) is 0 Å². The first-order valence-corrected chi connectivity index (χ1v) is 42.8. The molecular weight excluding hydrogens is 1340 g/mol. The first-order valence-electron chi connectivity index (χ1n) is 39.8. The van der Waals surface area contributed by atoms with Gasteiger partial charge in [0, 0.05) is 19.3 Å². The van der Waals surface area contributed by atoms with Crippen molar-refractivity contribution in [2.45, 2.75) is 322 Å². The number of carbonyl (C=O) groups is 3. The van der Waals surface area contributed by atoms with Crippen molar-refractivity contribution in [3.8, 4) is 0 Å². The highest BCUT2D eigenvalue weighted by Gasteiger charge is 2.29. The van der Waals surface area contributed by atoms with Crippen molar-refractivity contribution in [1.29, 1.82) is 0 Å². The van der Waals surface area contributed by atoms with Crippen LogP contribution in [0.4, 0.5) is 0 Å². The van der Waals surface area contributed by atoms with Gasteiger partial charge in [0.2, 0.25) is 0 Å². The third-order valence-corrected chi connectivity index (χ3v) is 18.1. The molecule has 0 aliphatic rings. The molecule has 5 atom stereocenters. The molecule has 0 aromatic rings. The molecule has 0 radical (unpaired) electrons. The Labute approximate surface area is 625 Å². The molecule has 588 valence electrons. The normalized spacial score (nSPS) is 14.8. The van der Waals surface area contributed by atoms with Crippen LogP contribution in [0.1, 0.15) is 303 Å². The summed E-state index contributed by atoms with van der Waals surface area (Å²) in [6.45, 7) is 2.38. The Morgan fingerprint density at radius 3 is 0.816 bits per heavy atom. The molecule has 0 saturated carbocycles. The minimum absolute atomic E-state index is 0.0703. The van der Waals surface area contributed by atoms with Crippen LogP contribution in [0.25, 0.3) is 0 Å². The number of carbonyl (C=O) groups excluding carboxylic acids is 3. The lowest BCUT2D eigenvalue weighted by Crippen LogP contribution is -2.30. The number of esters is 3. The van der Waals surface area contributed by atoms with Gasteiger partial charge in [-0.2, -0.15) is 0 Å². The summed E-state index contributed by atoms with van der Waals surface area (Å²) in [6, 6.07) is 0. The largest absolute Gasteiger partial charge is 0.472 e. The van der Waals surface area contributed by atoms with Crippen LogP contribution in [0.2, 0.25) is 0 Å². The quantitative estimate of drug-likeness (QED) is 0.0146. The standard InChI is InChI=1S/C85H142O16P2/c1-4-7-10-13-16-19-22-25-28-31-33-35-37-39-41-43-45-48-50-53-56-59-62-65-68-71-83(88)95-74-80(86)75-97-102(91,92)98-76-81(87)77-99-103(93,94)100-79-82(101-85(90)73-70-67-64-61-58-55-52-47-30-27-24-21-18-15-12-9-6-3)78-96-84(89)72-69-66-63-60-57-54-51-49-46-44-42-40-38-36-34-32-29-26-23-20-17-14-11-8-5-2/h7,9-10,12,16-21,25-30,33-36,39-42,52,55,80-82,86-87H,4-6,8,11,13-15,22-24,31-32,37-38,43-51,53-54,56-79H2,1-3H3,(H,91,92)(H,93,94)/b10-7-,12-9-,19-16-,20-17-,21-18-,28-25-,29-26-,30-27-,35-33-,36-34-,41-39-,42-40-,55-52-. The molecule has 0 aromatic heterocycles. The molecule has 18 heteroatoms. The predicted octanol–water partition coefficient (Wildman–Crippen LogP) is 23.4. The van der Waals surface area contributed by atoms with Crippen molar-refractivity contribution < 1.29 is 75.8 Å². The molecule has 0 spiro atoms. The molecule has 103 heavy (non-hydrogen) atoms. The summed E-state index contributed by atoms with van der Waals surface area (Å²) in [6.07, 6.45) is 95.6. The van der Waals surface area contributed by atoms with Gasteiger partial charge >= 0.3 is 33.6 Å². The number of ether oxygens (including phenoxy) is 3. The molecular formula is C85H142O16P2. The molecule has 0 bridgehead atoms. The third-order valence-electron chi connectivity index (χ3n) is 16.2. The summed E-state index contributed by atoms with van der Waals surface area (Å²) in [4.78, 5) is 58.7.